The molecule has 0 spiro atoms. The van der Waals surface area contributed by atoms with Gasteiger partial charge >= 0.3 is 0 Å². The molecule has 0 aliphatic rings. The van der Waals surface area contributed by atoms with Crippen molar-refractivity contribution < 1.29 is 0 Å². The van der Waals surface area contributed by atoms with Crippen LogP contribution >= 0.6 is 50.5 Å². The predicted molar refractivity (Wildman–Crippen MR) is 39.8 cm³/mol. The van der Waals surface area contributed by atoms with Crippen molar-refractivity contribution in [2.24, 2.45) is 0 Å². The minimum atomic E-state index is 0.431. The van der Waals surface area contributed by atoms with Crippen molar-refractivity contribution in [3.63, 3.8) is 0 Å². The van der Waals surface area contributed by atoms with Crippen LogP contribution in [0.4, 0.5) is 0 Å². The molecule has 1 heterocycles. The van der Waals surface area contributed by atoms with Crippen LogP contribution in [0, 0.1) is 0 Å². The van der Waals surface area contributed by atoms with Crippen LogP contribution in [0.3, 0.4) is 0 Å². The van der Waals surface area contributed by atoms with E-state index in [0.717, 1.165) is 3.79 Å². The Kier molecular flexibility index (Phi) is 2.14. The molecule has 1 rings (SSSR count). The molecule has 0 radical (unpaired) electrons. The molecule has 44 valence electrons. The highest BCUT2D eigenvalue weighted by molar-refractivity contribution is 9.11. The molecule has 0 aromatic carbocycles. The maximum atomic E-state index is 5.50. The summed E-state index contributed by atoms with van der Waals surface area (Å²) >= 11 is 15.4. The van der Waals surface area contributed by atoms with Gasteiger partial charge in [-0.3, -0.25) is 0 Å². The molecule has 0 bridgehead atoms. The molecule has 0 N–H and O–H groups in total. The van der Waals surface area contributed by atoms with Crippen LogP contribution in [-0.2, 0) is 0 Å². The van der Waals surface area contributed by atoms with E-state index in [1.807, 2.05) is 0 Å². The number of hydrogen-bond acceptors (Lipinski definition) is 2. The van der Waals surface area contributed by atoms with E-state index >= 15 is 0 Å². The highest BCUT2D eigenvalue weighted by atomic mass is 79.9. The normalized spacial score (nSPS) is 9.88. The molecular formula is C3BrCl2NS. The summed E-state index contributed by atoms with van der Waals surface area (Å²) in [5.74, 6) is 0. The number of aromatic nitrogens is 1. The predicted octanol–water partition coefficient (Wildman–Crippen LogP) is 3.21. The van der Waals surface area contributed by atoms with Crippen molar-refractivity contribution in [1.29, 1.82) is 0 Å². The Morgan fingerprint density at radius 2 is 2.12 bits per heavy atom. The van der Waals surface area contributed by atoms with Gasteiger partial charge in [0.25, 0.3) is 0 Å². The Balaban J connectivity index is 3.14. The number of rotatable bonds is 0. The van der Waals surface area contributed by atoms with E-state index in [-0.39, 0.29) is 0 Å². The van der Waals surface area contributed by atoms with Gasteiger partial charge in [0.1, 0.15) is 3.79 Å². The zero-order valence-corrected chi connectivity index (χ0v) is 7.40. The van der Waals surface area contributed by atoms with Crippen LogP contribution in [0.2, 0.25) is 9.62 Å². The van der Waals surface area contributed by atoms with Gasteiger partial charge in [-0.05, 0) is 15.9 Å². The maximum Gasteiger partial charge on any atom is 0.186 e. The van der Waals surface area contributed by atoms with E-state index in [0.29, 0.717) is 9.62 Å². The van der Waals surface area contributed by atoms with Crippen LogP contribution in [0.1, 0.15) is 0 Å². The molecule has 1 aromatic rings. The summed E-state index contributed by atoms with van der Waals surface area (Å²) in [7, 11) is 0. The summed E-state index contributed by atoms with van der Waals surface area (Å²) in [6, 6.07) is 0. The molecule has 0 saturated carbocycles. The van der Waals surface area contributed by atoms with Gasteiger partial charge in [0.05, 0.1) is 0 Å². The lowest BCUT2D eigenvalue weighted by Gasteiger charge is -1.71. The Bertz CT molecular complexity index is 180. The van der Waals surface area contributed by atoms with Gasteiger partial charge in [-0.25, -0.2) is 4.98 Å². The highest BCUT2D eigenvalue weighted by Gasteiger charge is 2.01. The lowest BCUT2D eigenvalue weighted by atomic mass is 11.0. The number of nitrogens with zero attached hydrogens (tertiary/aromatic N) is 1. The second-order valence-electron chi connectivity index (χ2n) is 1.03. The quantitative estimate of drug-likeness (QED) is 0.670. The largest absolute Gasteiger partial charge is 0.212 e. The van der Waals surface area contributed by atoms with Crippen molar-refractivity contribution >= 4 is 50.5 Å². The summed E-state index contributed by atoms with van der Waals surface area (Å²) in [6.45, 7) is 0. The second-order valence-corrected chi connectivity index (χ2v) is 4.29. The molecule has 0 fully saturated rings. The van der Waals surface area contributed by atoms with Crippen molar-refractivity contribution in [3.8, 4) is 0 Å². The van der Waals surface area contributed by atoms with Crippen molar-refractivity contribution in [3.05, 3.63) is 13.4 Å². The summed E-state index contributed by atoms with van der Waals surface area (Å²) in [5.41, 5.74) is 0. The zero-order valence-electron chi connectivity index (χ0n) is 3.49. The summed E-state index contributed by atoms with van der Waals surface area (Å²) < 4.78 is 1.24. The third-order valence-electron chi connectivity index (χ3n) is 0.522. The van der Waals surface area contributed by atoms with Gasteiger partial charge in [-0.2, -0.15) is 0 Å². The Hall–Kier alpha value is 0.690. The number of halogens is 3. The van der Waals surface area contributed by atoms with E-state index in [4.69, 9.17) is 23.2 Å². The zero-order chi connectivity index (χ0) is 6.15. The Labute approximate surface area is 68.8 Å². The summed E-state index contributed by atoms with van der Waals surface area (Å²) in [4.78, 5) is 3.71. The van der Waals surface area contributed by atoms with Crippen molar-refractivity contribution in [2.45, 2.75) is 0 Å². The van der Waals surface area contributed by atoms with Crippen LogP contribution in [-0.4, -0.2) is 4.98 Å². The smallest absolute Gasteiger partial charge is 0.186 e. The standard InChI is InChI=1S/C3BrCl2NS/c4-1-2(5)7-3(6)8-1. The van der Waals surface area contributed by atoms with E-state index in [2.05, 4.69) is 20.9 Å². The average molecular weight is 233 g/mol. The minimum absolute atomic E-state index is 0.431. The van der Waals surface area contributed by atoms with E-state index in [9.17, 15) is 0 Å². The first-order chi connectivity index (χ1) is 3.70. The molecule has 0 aliphatic carbocycles. The topological polar surface area (TPSA) is 12.9 Å². The molecule has 0 atom stereocenters. The van der Waals surface area contributed by atoms with Crippen LogP contribution < -0.4 is 0 Å². The average Bonchev–Trinajstić information content (AvgIpc) is 1.85. The second kappa shape index (κ2) is 2.52. The van der Waals surface area contributed by atoms with Crippen LogP contribution in [0.5, 0.6) is 0 Å². The molecule has 5 heteroatoms. The first kappa shape index (κ1) is 6.81. The first-order valence-electron chi connectivity index (χ1n) is 1.67. The van der Waals surface area contributed by atoms with Gasteiger partial charge in [0.2, 0.25) is 0 Å². The first-order valence-corrected chi connectivity index (χ1v) is 4.04. The maximum absolute atomic E-state index is 5.50. The van der Waals surface area contributed by atoms with Gasteiger partial charge in [-0.1, -0.05) is 34.5 Å². The third-order valence-corrected chi connectivity index (χ3v) is 2.95. The van der Waals surface area contributed by atoms with Gasteiger partial charge in [0, 0.05) is 0 Å². The molecule has 1 aromatic heterocycles. The van der Waals surface area contributed by atoms with E-state index in [1.165, 1.54) is 11.3 Å². The highest BCUT2D eigenvalue weighted by Crippen LogP contribution is 2.30. The summed E-state index contributed by atoms with van der Waals surface area (Å²) in [6.07, 6.45) is 0. The third kappa shape index (κ3) is 1.35. The monoisotopic (exact) mass is 231 g/mol. The van der Waals surface area contributed by atoms with Crippen molar-refractivity contribution in [1.82, 2.24) is 4.98 Å². The molecule has 0 saturated heterocycles. The minimum Gasteiger partial charge on any atom is -0.212 e. The molecule has 0 unspecified atom stereocenters. The van der Waals surface area contributed by atoms with Gasteiger partial charge in [0.15, 0.2) is 9.62 Å². The summed E-state index contributed by atoms with van der Waals surface area (Å²) in [5, 5.41) is 0.431. The molecule has 0 aliphatic heterocycles. The fraction of sp³-hybridized carbons (Fsp3) is 0. The van der Waals surface area contributed by atoms with E-state index in [1.54, 1.807) is 0 Å². The Morgan fingerprint density at radius 3 is 2.25 bits per heavy atom. The molecular weight excluding hydrogens is 233 g/mol. The van der Waals surface area contributed by atoms with Crippen molar-refractivity contribution in [2.75, 3.05) is 0 Å². The van der Waals surface area contributed by atoms with Crippen LogP contribution in [0.15, 0.2) is 3.79 Å². The molecule has 1 nitrogen and oxygen atoms in total. The molecule has 8 heavy (non-hydrogen) atoms. The van der Waals surface area contributed by atoms with E-state index < -0.39 is 0 Å². The number of thiazole rings is 1. The van der Waals surface area contributed by atoms with Gasteiger partial charge < -0.3 is 0 Å². The SMILES string of the molecule is Clc1nc(Cl)c(Br)s1. The van der Waals surface area contributed by atoms with Crippen LogP contribution in [0.25, 0.3) is 0 Å². The lowest BCUT2D eigenvalue weighted by molar-refractivity contribution is 1.41. The fourth-order valence-electron chi connectivity index (χ4n) is 0.260. The molecule has 0 amide bonds. The Morgan fingerprint density at radius 1 is 1.50 bits per heavy atom. The number of hydrogen-bond donors (Lipinski definition) is 0. The lowest BCUT2D eigenvalue weighted by Crippen LogP contribution is -1.57. The van der Waals surface area contributed by atoms with Gasteiger partial charge in [-0.15, -0.1) is 0 Å². The fourth-order valence-corrected chi connectivity index (χ4v) is 2.11.